The van der Waals surface area contributed by atoms with Gasteiger partial charge in [0, 0.05) is 13.1 Å². The molecular formula is C6H10N4O. The smallest absolute Gasteiger partial charge is 0.137 e. The fraction of sp³-hybridized carbons (Fsp3) is 0.667. The standard InChI is InChI=1S/C6H10N4O/c11-6(1-7-2-6)3-10-5-8-4-9-10/h4-5,7,11H,1-3H2. The molecule has 0 aliphatic carbocycles. The number of rotatable bonds is 2. The third kappa shape index (κ3) is 1.24. The molecule has 0 spiro atoms. The van der Waals surface area contributed by atoms with Gasteiger partial charge in [0.1, 0.15) is 18.3 Å². The van der Waals surface area contributed by atoms with Gasteiger partial charge in [-0.15, -0.1) is 0 Å². The second-order valence-electron chi connectivity index (χ2n) is 2.92. The van der Waals surface area contributed by atoms with Gasteiger partial charge in [-0.25, -0.2) is 9.67 Å². The molecule has 1 aliphatic rings. The number of nitrogens with one attached hydrogen (secondary N) is 1. The summed E-state index contributed by atoms with van der Waals surface area (Å²) >= 11 is 0. The highest BCUT2D eigenvalue weighted by Gasteiger charge is 2.34. The van der Waals surface area contributed by atoms with Crippen molar-refractivity contribution in [2.45, 2.75) is 12.1 Å². The molecule has 0 bridgehead atoms. The van der Waals surface area contributed by atoms with Crippen molar-refractivity contribution in [1.29, 1.82) is 0 Å². The van der Waals surface area contributed by atoms with Crippen molar-refractivity contribution in [3.63, 3.8) is 0 Å². The van der Waals surface area contributed by atoms with E-state index in [9.17, 15) is 5.11 Å². The number of hydrogen-bond acceptors (Lipinski definition) is 4. The molecule has 11 heavy (non-hydrogen) atoms. The molecule has 1 aromatic heterocycles. The maximum absolute atomic E-state index is 9.63. The summed E-state index contributed by atoms with van der Waals surface area (Å²) in [5, 5.41) is 16.5. The Morgan fingerprint density at radius 2 is 2.45 bits per heavy atom. The zero-order valence-electron chi connectivity index (χ0n) is 6.06. The molecule has 5 nitrogen and oxygen atoms in total. The van der Waals surface area contributed by atoms with Gasteiger partial charge in [0.05, 0.1) is 6.54 Å². The lowest BCUT2D eigenvalue weighted by molar-refractivity contribution is -0.0273. The number of aromatic nitrogens is 3. The molecule has 0 atom stereocenters. The van der Waals surface area contributed by atoms with E-state index in [-0.39, 0.29) is 0 Å². The lowest BCUT2D eigenvalue weighted by Crippen LogP contribution is -2.61. The molecular weight excluding hydrogens is 144 g/mol. The first-order valence-corrected chi connectivity index (χ1v) is 3.54. The Balaban J connectivity index is 2.00. The predicted molar refractivity (Wildman–Crippen MR) is 37.8 cm³/mol. The van der Waals surface area contributed by atoms with E-state index in [0.717, 1.165) is 0 Å². The molecule has 0 saturated carbocycles. The van der Waals surface area contributed by atoms with Crippen LogP contribution in [0.25, 0.3) is 0 Å². The van der Waals surface area contributed by atoms with E-state index in [4.69, 9.17) is 0 Å². The van der Waals surface area contributed by atoms with Gasteiger partial charge in [0.2, 0.25) is 0 Å². The molecule has 0 aromatic carbocycles. The Bertz CT molecular complexity index is 229. The summed E-state index contributed by atoms with van der Waals surface area (Å²) in [6.45, 7) is 1.82. The molecule has 2 N–H and O–H groups in total. The summed E-state index contributed by atoms with van der Waals surface area (Å²) in [5.74, 6) is 0. The predicted octanol–water partition coefficient (Wildman–Crippen LogP) is -1.39. The number of β-amino-alcohol motifs (C(OH)–C–C–N with tert-alkyl or cyclic N) is 1. The monoisotopic (exact) mass is 154 g/mol. The molecule has 0 unspecified atom stereocenters. The number of hydrogen-bond donors (Lipinski definition) is 2. The Kier molecular flexibility index (Phi) is 1.40. The zero-order valence-corrected chi connectivity index (χ0v) is 6.06. The number of nitrogens with zero attached hydrogens (tertiary/aromatic N) is 3. The van der Waals surface area contributed by atoms with Crippen molar-refractivity contribution in [2.75, 3.05) is 13.1 Å². The maximum atomic E-state index is 9.63. The molecule has 2 heterocycles. The fourth-order valence-corrected chi connectivity index (χ4v) is 1.14. The van der Waals surface area contributed by atoms with Crippen LogP contribution in [-0.2, 0) is 6.54 Å². The molecule has 1 aliphatic heterocycles. The van der Waals surface area contributed by atoms with E-state index < -0.39 is 5.60 Å². The van der Waals surface area contributed by atoms with E-state index in [0.29, 0.717) is 19.6 Å². The van der Waals surface area contributed by atoms with Gasteiger partial charge < -0.3 is 10.4 Å². The second kappa shape index (κ2) is 2.28. The largest absolute Gasteiger partial charge is 0.385 e. The van der Waals surface area contributed by atoms with Crippen LogP contribution in [0, 0.1) is 0 Å². The van der Waals surface area contributed by atoms with Crippen molar-refractivity contribution in [3.05, 3.63) is 12.7 Å². The first-order chi connectivity index (χ1) is 5.29. The molecule has 5 heteroatoms. The molecule has 0 radical (unpaired) electrons. The van der Waals surface area contributed by atoms with Gasteiger partial charge in [0.15, 0.2) is 0 Å². The van der Waals surface area contributed by atoms with Crippen LogP contribution >= 0.6 is 0 Å². The van der Waals surface area contributed by atoms with Gasteiger partial charge in [-0.05, 0) is 0 Å². The maximum Gasteiger partial charge on any atom is 0.137 e. The third-order valence-electron chi connectivity index (χ3n) is 1.83. The summed E-state index contributed by atoms with van der Waals surface area (Å²) in [6.07, 6.45) is 3.08. The van der Waals surface area contributed by atoms with Crippen LogP contribution in [0.1, 0.15) is 0 Å². The first-order valence-electron chi connectivity index (χ1n) is 3.54. The van der Waals surface area contributed by atoms with Crippen molar-refractivity contribution in [3.8, 4) is 0 Å². The van der Waals surface area contributed by atoms with Crippen LogP contribution < -0.4 is 5.32 Å². The normalized spacial score (nSPS) is 21.2. The van der Waals surface area contributed by atoms with E-state index in [1.807, 2.05) is 0 Å². The molecule has 60 valence electrons. The Morgan fingerprint density at radius 1 is 1.64 bits per heavy atom. The van der Waals surface area contributed by atoms with E-state index >= 15 is 0 Å². The van der Waals surface area contributed by atoms with Crippen LogP contribution in [0.3, 0.4) is 0 Å². The Hall–Kier alpha value is -0.940. The Labute approximate surface area is 64.1 Å². The molecule has 0 amide bonds. The van der Waals surface area contributed by atoms with Crippen LogP contribution in [0.2, 0.25) is 0 Å². The van der Waals surface area contributed by atoms with Crippen molar-refractivity contribution in [1.82, 2.24) is 20.1 Å². The minimum absolute atomic E-state index is 0.528. The van der Waals surface area contributed by atoms with Crippen molar-refractivity contribution < 1.29 is 5.11 Å². The van der Waals surface area contributed by atoms with Crippen LogP contribution in [0.15, 0.2) is 12.7 Å². The SMILES string of the molecule is OC1(Cn2cncn2)CNC1. The third-order valence-corrected chi connectivity index (χ3v) is 1.83. The highest BCUT2D eigenvalue weighted by Crippen LogP contribution is 2.11. The molecule has 2 rings (SSSR count). The molecule has 1 saturated heterocycles. The van der Waals surface area contributed by atoms with E-state index in [2.05, 4.69) is 15.4 Å². The van der Waals surface area contributed by atoms with Gasteiger partial charge in [-0.1, -0.05) is 0 Å². The van der Waals surface area contributed by atoms with Gasteiger partial charge in [-0.3, -0.25) is 0 Å². The average Bonchev–Trinajstić information content (AvgIpc) is 2.36. The lowest BCUT2D eigenvalue weighted by atomic mass is 9.98. The zero-order chi connectivity index (χ0) is 7.73. The highest BCUT2D eigenvalue weighted by atomic mass is 16.3. The minimum atomic E-state index is -0.603. The first kappa shape index (κ1) is 6.75. The van der Waals surface area contributed by atoms with Gasteiger partial charge >= 0.3 is 0 Å². The van der Waals surface area contributed by atoms with Crippen LogP contribution in [0.5, 0.6) is 0 Å². The fourth-order valence-electron chi connectivity index (χ4n) is 1.14. The quantitative estimate of drug-likeness (QED) is 0.550. The Morgan fingerprint density at radius 3 is 2.91 bits per heavy atom. The second-order valence-corrected chi connectivity index (χ2v) is 2.92. The summed E-state index contributed by atoms with van der Waals surface area (Å²) in [4.78, 5) is 3.79. The molecule has 1 aromatic rings. The van der Waals surface area contributed by atoms with Gasteiger partial charge in [-0.2, -0.15) is 5.10 Å². The summed E-state index contributed by atoms with van der Waals surface area (Å²) in [6, 6.07) is 0. The lowest BCUT2D eigenvalue weighted by Gasteiger charge is -2.37. The van der Waals surface area contributed by atoms with E-state index in [1.54, 1.807) is 11.0 Å². The van der Waals surface area contributed by atoms with Crippen molar-refractivity contribution in [2.24, 2.45) is 0 Å². The topological polar surface area (TPSA) is 63.0 Å². The van der Waals surface area contributed by atoms with Gasteiger partial charge in [0.25, 0.3) is 0 Å². The van der Waals surface area contributed by atoms with E-state index in [1.165, 1.54) is 6.33 Å². The summed E-state index contributed by atoms with van der Waals surface area (Å²) in [7, 11) is 0. The minimum Gasteiger partial charge on any atom is -0.385 e. The summed E-state index contributed by atoms with van der Waals surface area (Å²) in [5.41, 5.74) is -0.603. The van der Waals surface area contributed by atoms with Crippen LogP contribution in [0.4, 0.5) is 0 Å². The van der Waals surface area contributed by atoms with Crippen LogP contribution in [-0.4, -0.2) is 38.6 Å². The highest BCUT2D eigenvalue weighted by molar-refractivity contribution is 4.92. The summed E-state index contributed by atoms with van der Waals surface area (Å²) < 4.78 is 1.64. The number of aliphatic hydroxyl groups is 1. The van der Waals surface area contributed by atoms with Crippen molar-refractivity contribution >= 4 is 0 Å². The average molecular weight is 154 g/mol. The molecule has 1 fully saturated rings.